The molecule has 0 radical (unpaired) electrons. The predicted molar refractivity (Wildman–Crippen MR) is 68.8 cm³/mol. The summed E-state index contributed by atoms with van der Waals surface area (Å²) < 4.78 is 15.5. The fourth-order valence-corrected chi connectivity index (χ4v) is 2.17. The molecule has 2 aromatic rings. The highest BCUT2D eigenvalue weighted by atomic mass is 79.9. The number of ether oxygens (including phenoxy) is 2. The number of methoxy groups -OCH3 is 2. The van der Waals surface area contributed by atoms with E-state index in [0.29, 0.717) is 27.1 Å². The number of anilines is 1. The van der Waals surface area contributed by atoms with Crippen molar-refractivity contribution in [3.05, 3.63) is 16.7 Å². The van der Waals surface area contributed by atoms with Crippen molar-refractivity contribution in [1.82, 2.24) is 5.16 Å². The molecule has 0 aliphatic carbocycles. The van der Waals surface area contributed by atoms with Gasteiger partial charge in [0.2, 0.25) is 5.88 Å². The van der Waals surface area contributed by atoms with Gasteiger partial charge in [0, 0.05) is 5.56 Å². The van der Waals surface area contributed by atoms with Crippen molar-refractivity contribution in [2.45, 2.75) is 0 Å². The van der Waals surface area contributed by atoms with Crippen molar-refractivity contribution in [2.24, 2.45) is 0 Å². The van der Waals surface area contributed by atoms with Crippen LogP contribution in [0.2, 0.25) is 0 Å². The predicted octanol–water partition coefficient (Wildman–Crippen LogP) is 2.41. The fourth-order valence-electron chi connectivity index (χ4n) is 1.60. The van der Waals surface area contributed by atoms with Crippen LogP contribution in [0.25, 0.3) is 11.1 Å². The number of hydrogen-bond acceptors (Lipinski definition) is 6. The number of benzene rings is 1. The highest BCUT2D eigenvalue weighted by Crippen LogP contribution is 2.48. The van der Waals surface area contributed by atoms with E-state index in [-0.39, 0.29) is 11.6 Å². The molecule has 1 aromatic carbocycles. The third kappa shape index (κ3) is 1.86. The Balaban J connectivity index is 2.70. The lowest BCUT2D eigenvalue weighted by atomic mass is 10.1. The molecule has 6 nitrogen and oxygen atoms in total. The quantitative estimate of drug-likeness (QED) is 0.904. The van der Waals surface area contributed by atoms with Gasteiger partial charge >= 0.3 is 0 Å². The standard InChI is InChI=1S/C11H11BrN2O4/c1-16-7-3-5(6-4-14-18-11(6)13)9(15)8(12)10(7)17-2/h3-4,15H,13H2,1-2H3. The van der Waals surface area contributed by atoms with Crippen molar-refractivity contribution < 1.29 is 19.1 Å². The maximum absolute atomic E-state index is 10.1. The van der Waals surface area contributed by atoms with Gasteiger partial charge in [-0.2, -0.15) is 0 Å². The molecule has 0 unspecified atom stereocenters. The number of halogens is 1. The number of nitrogen functional groups attached to an aromatic ring is 1. The number of nitrogens with zero attached hydrogens (tertiary/aromatic N) is 1. The van der Waals surface area contributed by atoms with Crippen LogP contribution in [0.5, 0.6) is 17.2 Å². The average molecular weight is 315 g/mol. The molecule has 0 aliphatic heterocycles. The second-order valence-corrected chi connectivity index (χ2v) is 4.22. The number of hydrogen-bond donors (Lipinski definition) is 2. The van der Waals surface area contributed by atoms with Crippen LogP contribution in [0.4, 0.5) is 5.88 Å². The van der Waals surface area contributed by atoms with E-state index in [0.717, 1.165) is 0 Å². The van der Waals surface area contributed by atoms with E-state index in [4.69, 9.17) is 19.7 Å². The second kappa shape index (κ2) is 4.77. The monoisotopic (exact) mass is 314 g/mol. The van der Waals surface area contributed by atoms with Gasteiger partial charge in [-0.3, -0.25) is 0 Å². The van der Waals surface area contributed by atoms with Gasteiger partial charge in [-0.25, -0.2) is 0 Å². The van der Waals surface area contributed by atoms with Crippen LogP contribution in [0.1, 0.15) is 0 Å². The third-order valence-electron chi connectivity index (χ3n) is 2.47. The molecule has 1 heterocycles. The van der Waals surface area contributed by atoms with Gasteiger partial charge in [0.25, 0.3) is 0 Å². The first kappa shape index (κ1) is 12.6. The van der Waals surface area contributed by atoms with Crippen LogP contribution in [0, 0.1) is 0 Å². The van der Waals surface area contributed by atoms with Crippen molar-refractivity contribution in [1.29, 1.82) is 0 Å². The topological polar surface area (TPSA) is 90.7 Å². The molecule has 0 spiro atoms. The lowest BCUT2D eigenvalue weighted by molar-refractivity contribution is 0.349. The number of aromatic hydroxyl groups is 1. The van der Waals surface area contributed by atoms with Gasteiger partial charge in [0.1, 0.15) is 10.2 Å². The molecule has 1 aromatic heterocycles. The van der Waals surface area contributed by atoms with Crippen molar-refractivity contribution in [3.8, 4) is 28.4 Å². The first-order valence-electron chi connectivity index (χ1n) is 4.94. The Morgan fingerprint density at radius 3 is 2.56 bits per heavy atom. The summed E-state index contributed by atoms with van der Waals surface area (Å²) in [6, 6.07) is 1.60. The smallest absolute Gasteiger partial charge is 0.230 e. The Bertz CT molecular complexity index is 583. The van der Waals surface area contributed by atoms with Gasteiger partial charge in [0.15, 0.2) is 11.5 Å². The fraction of sp³-hybridized carbons (Fsp3) is 0.182. The third-order valence-corrected chi connectivity index (χ3v) is 3.21. The van der Waals surface area contributed by atoms with E-state index in [9.17, 15) is 5.11 Å². The molecule has 0 aliphatic rings. The number of phenols is 1. The highest BCUT2D eigenvalue weighted by molar-refractivity contribution is 9.10. The molecule has 7 heteroatoms. The molecule has 96 valence electrons. The van der Waals surface area contributed by atoms with Crippen LogP contribution in [0.15, 0.2) is 21.3 Å². The minimum absolute atomic E-state index is 0.0254. The summed E-state index contributed by atoms with van der Waals surface area (Å²) in [4.78, 5) is 0. The number of aromatic nitrogens is 1. The molecule has 18 heavy (non-hydrogen) atoms. The molecule has 3 N–H and O–H groups in total. The average Bonchev–Trinajstić information content (AvgIpc) is 2.78. The first-order chi connectivity index (χ1) is 8.60. The Labute approximate surface area is 111 Å². The molecule has 0 bridgehead atoms. The van der Waals surface area contributed by atoms with Gasteiger partial charge in [0.05, 0.1) is 26.0 Å². The second-order valence-electron chi connectivity index (χ2n) is 3.43. The Hall–Kier alpha value is -1.89. The molecule has 0 amide bonds. The molecule has 0 atom stereocenters. The molecule has 0 saturated heterocycles. The van der Waals surface area contributed by atoms with E-state index in [1.165, 1.54) is 20.4 Å². The molecule has 2 rings (SSSR count). The first-order valence-corrected chi connectivity index (χ1v) is 5.73. The Kier molecular flexibility index (Phi) is 3.33. The molecule has 0 saturated carbocycles. The van der Waals surface area contributed by atoms with E-state index in [1.807, 2.05) is 0 Å². The van der Waals surface area contributed by atoms with Gasteiger partial charge in [-0.05, 0) is 22.0 Å². The maximum atomic E-state index is 10.1. The van der Waals surface area contributed by atoms with E-state index >= 15 is 0 Å². The van der Waals surface area contributed by atoms with E-state index in [1.54, 1.807) is 6.07 Å². The minimum atomic E-state index is -0.0254. The minimum Gasteiger partial charge on any atom is -0.506 e. The summed E-state index contributed by atoms with van der Waals surface area (Å²) in [7, 11) is 2.98. The zero-order chi connectivity index (χ0) is 13.3. The summed E-state index contributed by atoms with van der Waals surface area (Å²) >= 11 is 3.25. The Morgan fingerprint density at radius 1 is 1.33 bits per heavy atom. The van der Waals surface area contributed by atoms with Crippen molar-refractivity contribution in [3.63, 3.8) is 0 Å². The summed E-state index contributed by atoms with van der Waals surface area (Å²) in [5, 5.41) is 13.7. The largest absolute Gasteiger partial charge is 0.506 e. The van der Waals surface area contributed by atoms with Crippen LogP contribution in [-0.4, -0.2) is 24.5 Å². The number of phenolic OH excluding ortho intramolecular Hbond substituents is 1. The highest BCUT2D eigenvalue weighted by Gasteiger charge is 2.21. The zero-order valence-corrected chi connectivity index (χ0v) is 11.3. The zero-order valence-electron chi connectivity index (χ0n) is 9.73. The van der Waals surface area contributed by atoms with Gasteiger partial charge in [-0.15, -0.1) is 0 Å². The summed E-state index contributed by atoms with van der Waals surface area (Å²) in [6.07, 6.45) is 1.42. The lowest BCUT2D eigenvalue weighted by Gasteiger charge is -2.13. The Morgan fingerprint density at radius 2 is 2.06 bits per heavy atom. The SMILES string of the molecule is COc1cc(-c2cnoc2N)c(O)c(Br)c1OC. The van der Waals surface area contributed by atoms with Crippen LogP contribution >= 0.6 is 15.9 Å². The maximum Gasteiger partial charge on any atom is 0.230 e. The summed E-state index contributed by atoms with van der Waals surface area (Å²) in [5.41, 5.74) is 6.55. The van der Waals surface area contributed by atoms with Crippen LogP contribution in [0.3, 0.4) is 0 Å². The summed E-state index contributed by atoms with van der Waals surface area (Å²) in [6.45, 7) is 0. The van der Waals surface area contributed by atoms with E-state index in [2.05, 4.69) is 21.1 Å². The lowest BCUT2D eigenvalue weighted by Crippen LogP contribution is -1.94. The molecular weight excluding hydrogens is 304 g/mol. The van der Waals surface area contributed by atoms with Gasteiger partial charge < -0.3 is 24.8 Å². The van der Waals surface area contributed by atoms with Gasteiger partial charge in [-0.1, -0.05) is 5.16 Å². The van der Waals surface area contributed by atoms with E-state index < -0.39 is 0 Å². The summed E-state index contributed by atoms with van der Waals surface area (Å²) in [5.74, 6) is 0.943. The molecular formula is C11H11BrN2O4. The van der Waals surface area contributed by atoms with Crippen molar-refractivity contribution >= 4 is 21.8 Å². The van der Waals surface area contributed by atoms with Crippen molar-refractivity contribution in [2.75, 3.05) is 20.0 Å². The number of nitrogens with two attached hydrogens (primary N) is 1. The van der Waals surface area contributed by atoms with Crippen LogP contribution < -0.4 is 15.2 Å². The normalized spacial score (nSPS) is 10.4. The number of rotatable bonds is 3. The molecule has 0 fully saturated rings. The van der Waals surface area contributed by atoms with Crippen LogP contribution in [-0.2, 0) is 0 Å².